The summed E-state index contributed by atoms with van der Waals surface area (Å²) in [6.07, 6.45) is 3.69. The zero-order chi connectivity index (χ0) is 16.4. The number of hydrogen-bond donors (Lipinski definition) is 0. The van der Waals surface area contributed by atoms with Gasteiger partial charge in [-0.15, -0.1) is 23.5 Å². The zero-order valence-electron chi connectivity index (χ0n) is 13.8. The normalized spacial score (nSPS) is 15.5. The Bertz CT molecular complexity index is 803. The van der Waals surface area contributed by atoms with Crippen LogP contribution in [-0.4, -0.2) is 16.1 Å². The van der Waals surface area contributed by atoms with E-state index in [-0.39, 0.29) is 0 Å². The van der Waals surface area contributed by atoms with Gasteiger partial charge in [-0.1, -0.05) is 48.5 Å². The van der Waals surface area contributed by atoms with Crippen molar-refractivity contribution in [3.63, 3.8) is 0 Å². The minimum atomic E-state index is 0.539. The van der Waals surface area contributed by atoms with Crippen molar-refractivity contribution in [3.05, 3.63) is 78.1 Å². The van der Waals surface area contributed by atoms with E-state index < -0.39 is 0 Å². The van der Waals surface area contributed by atoms with Crippen LogP contribution in [0.1, 0.15) is 22.3 Å². The van der Waals surface area contributed by atoms with Crippen molar-refractivity contribution in [2.45, 2.75) is 17.9 Å². The molecule has 24 heavy (non-hydrogen) atoms. The van der Waals surface area contributed by atoms with Gasteiger partial charge in [0.1, 0.15) is 0 Å². The van der Waals surface area contributed by atoms with Gasteiger partial charge in [0.2, 0.25) is 0 Å². The molecule has 1 aromatic heterocycles. The Morgan fingerprint density at radius 2 is 1.50 bits per heavy atom. The molecular formula is C21H21NS2. The molecule has 1 aliphatic rings. The number of benzene rings is 2. The van der Waals surface area contributed by atoms with Gasteiger partial charge in [-0.25, -0.2) is 0 Å². The lowest BCUT2D eigenvalue weighted by Crippen LogP contribution is -2.00. The number of nitrogens with zero attached hydrogens (tertiary/aromatic N) is 1. The smallest absolute Gasteiger partial charge is 0.0772 e. The third kappa shape index (κ3) is 3.03. The minimum Gasteiger partial charge on any atom is -0.320 e. The van der Waals surface area contributed by atoms with Crippen LogP contribution in [-0.2, 0) is 0 Å². The molecule has 4 rings (SSSR count). The highest BCUT2D eigenvalue weighted by atomic mass is 32.2. The average Bonchev–Trinajstić information content (AvgIpc) is 3.01. The fourth-order valence-electron chi connectivity index (χ4n) is 3.31. The van der Waals surface area contributed by atoms with Crippen LogP contribution in [0.4, 0.5) is 0 Å². The summed E-state index contributed by atoms with van der Waals surface area (Å²) in [5.74, 6) is 2.53. The molecule has 0 amide bonds. The van der Waals surface area contributed by atoms with Crippen LogP contribution >= 0.6 is 23.5 Å². The van der Waals surface area contributed by atoms with Crippen molar-refractivity contribution in [1.29, 1.82) is 0 Å². The van der Waals surface area contributed by atoms with Gasteiger partial charge in [-0.3, -0.25) is 0 Å². The molecule has 122 valence electrons. The third-order valence-electron chi connectivity index (χ3n) is 4.46. The summed E-state index contributed by atoms with van der Waals surface area (Å²) in [7, 11) is 0. The largest absolute Gasteiger partial charge is 0.320 e. The predicted octanol–water partition coefficient (Wildman–Crippen LogP) is 6.32. The lowest BCUT2D eigenvalue weighted by molar-refractivity contribution is 1.01. The first-order valence-corrected chi connectivity index (χ1v) is 10.5. The number of aromatic nitrogens is 1. The van der Waals surface area contributed by atoms with E-state index in [1.54, 1.807) is 0 Å². The predicted molar refractivity (Wildman–Crippen MR) is 108 cm³/mol. The van der Waals surface area contributed by atoms with Crippen molar-refractivity contribution in [3.8, 4) is 16.8 Å². The molecule has 0 saturated carbocycles. The second-order valence-corrected chi connectivity index (χ2v) is 8.77. The maximum absolute atomic E-state index is 2.36. The van der Waals surface area contributed by atoms with E-state index >= 15 is 0 Å². The summed E-state index contributed by atoms with van der Waals surface area (Å²) in [4.78, 5) is 0. The lowest BCUT2D eigenvalue weighted by Gasteiger charge is -2.21. The molecule has 0 spiro atoms. The first-order valence-electron chi connectivity index (χ1n) is 8.40. The Labute approximate surface area is 152 Å². The summed E-state index contributed by atoms with van der Waals surface area (Å²) < 4.78 is 2.89. The van der Waals surface area contributed by atoms with E-state index in [0.29, 0.717) is 4.58 Å². The number of hydrogen-bond acceptors (Lipinski definition) is 2. The molecule has 2 aromatic carbocycles. The summed E-state index contributed by atoms with van der Waals surface area (Å²) >= 11 is 4.18. The standard InChI is InChI=1S/C21H21NS2/c1-16-20(17-9-4-2-5-10-17)19(21-23-13-8-14-24-21)15-22(16)18-11-6-3-7-12-18/h2-7,9-12,15,21H,8,13-14H2,1H3. The maximum atomic E-state index is 2.36. The van der Waals surface area contributed by atoms with Crippen LogP contribution < -0.4 is 0 Å². The highest BCUT2D eigenvalue weighted by Crippen LogP contribution is 2.48. The molecule has 0 atom stereocenters. The van der Waals surface area contributed by atoms with Crippen LogP contribution in [0.5, 0.6) is 0 Å². The molecule has 1 fully saturated rings. The zero-order valence-corrected chi connectivity index (χ0v) is 15.4. The summed E-state index contributed by atoms with van der Waals surface area (Å²) in [5, 5.41) is 0. The molecule has 1 nitrogen and oxygen atoms in total. The van der Waals surface area contributed by atoms with E-state index in [4.69, 9.17) is 0 Å². The number of thioether (sulfide) groups is 2. The van der Waals surface area contributed by atoms with Crippen LogP contribution in [0.3, 0.4) is 0 Å². The quantitative estimate of drug-likeness (QED) is 0.544. The molecule has 1 saturated heterocycles. The van der Waals surface area contributed by atoms with E-state index in [1.807, 2.05) is 0 Å². The first kappa shape index (κ1) is 15.9. The summed E-state index contributed by atoms with van der Waals surface area (Å²) in [5.41, 5.74) is 6.77. The molecule has 1 aliphatic heterocycles. The molecule has 3 heteroatoms. The second kappa shape index (κ2) is 7.12. The SMILES string of the molecule is Cc1c(-c2ccccc2)c(C2SCCCS2)cn1-c1ccccc1. The highest BCUT2D eigenvalue weighted by molar-refractivity contribution is 8.16. The van der Waals surface area contributed by atoms with Crippen LogP contribution in [0.25, 0.3) is 16.8 Å². The van der Waals surface area contributed by atoms with Gasteiger partial charge in [-0.05, 0) is 42.5 Å². The van der Waals surface area contributed by atoms with Gasteiger partial charge < -0.3 is 4.57 Å². The van der Waals surface area contributed by atoms with Crippen molar-refractivity contribution in [2.75, 3.05) is 11.5 Å². The molecular weight excluding hydrogens is 330 g/mol. The van der Waals surface area contributed by atoms with Crippen molar-refractivity contribution in [2.24, 2.45) is 0 Å². The Balaban J connectivity index is 1.88. The molecule has 0 N–H and O–H groups in total. The van der Waals surface area contributed by atoms with Crippen LogP contribution in [0.15, 0.2) is 66.9 Å². The Morgan fingerprint density at radius 3 is 2.17 bits per heavy atom. The van der Waals surface area contributed by atoms with Gasteiger partial charge in [-0.2, -0.15) is 0 Å². The molecule has 0 aliphatic carbocycles. The Kier molecular flexibility index (Phi) is 4.72. The average molecular weight is 352 g/mol. The summed E-state index contributed by atoms with van der Waals surface area (Å²) in [6, 6.07) is 21.5. The van der Waals surface area contributed by atoms with Crippen molar-refractivity contribution in [1.82, 2.24) is 4.57 Å². The van der Waals surface area contributed by atoms with Gasteiger partial charge in [0, 0.05) is 28.7 Å². The molecule has 2 heterocycles. The van der Waals surface area contributed by atoms with E-state index in [9.17, 15) is 0 Å². The first-order chi connectivity index (χ1) is 11.8. The van der Waals surface area contributed by atoms with E-state index in [1.165, 1.54) is 46.0 Å². The number of rotatable bonds is 3. The van der Waals surface area contributed by atoms with E-state index in [2.05, 4.69) is 102 Å². The van der Waals surface area contributed by atoms with Gasteiger partial charge >= 0.3 is 0 Å². The molecule has 0 radical (unpaired) electrons. The van der Waals surface area contributed by atoms with Crippen molar-refractivity contribution < 1.29 is 0 Å². The third-order valence-corrected chi connectivity index (χ3v) is 7.44. The van der Waals surface area contributed by atoms with Gasteiger partial charge in [0.25, 0.3) is 0 Å². The Hall–Kier alpha value is -1.58. The maximum Gasteiger partial charge on any atom is 0.0772 e. The molecule has 0 bridgehead atoms. The fourth-order valence-corrected chi connectivity index (χ4v) is 6.22. The minimum absolute atomic E-state index is 0.539. The van der Waals surface area contributed by atoms with Crippen LogP contribution in [0, 0.1) is 6.92 Å². The fraction of sp³-hybridized carbons (Fsp3) is 0.238. The lowest BCUT2D eigenvalue weighted by atomic mass is 10.0. The molecule has 3 aromatic rings. The number of para-hydroxylation sites is 1. The van der Waals surface area contributed by atoms with Crippen molar-refractivity contribution >= 4 is 23.5 Å². The Morgan fingerprint density at radius 1 is 0.875 bits per heavy atom. The second-order valence-electron chi connectivity index (χ2n) is 6.04. The van der Waals surface area contributed by atoms with Gasteiger partial charge in [0.05, 0.1) is 4.58 Å². The van der Waals surface area contributed by atoms with E-state index in [0.717, 1.165) is 0 Å². The highest BCUT2D eigenvalue weighted by Gasteiger charge is 2.24. The summed E-state index contributed by atoms with van der Waals surface area (Å²) in [6.45, 7) is 2.25. The van der Waals surface area contributed by atoms with Gasteiger partial charge in [0.15, 0.2) is 0 Å². The monoisotopic (exact) mass is 351 g/mol. The van der Waals surface area contributed by atoms with Crippen LogP contribution in [0.2, 0.25) is 0 Å². The molecule has 0 unspecified atom stereocenters. The topological polar surface area (TPSA) is 4.93 Å².